The molecule has 8 heteroatoms. The Morgan fingerprint density at radius 2 is 2.06 bits per heavy atom. The zero-order valence-corrected chi connectivity index (χ0v) is 9.64. The highest BCUT2D eigenvalue weighted by atomic mass is 35.5. The third-order valence-corrected chi connectivity index (χ3v) is 2.08. The van der Waals surface area contributed by atoms with Gasteiger partial charge in [0.15, 0.2) is 5.69 Å². The van der Waals surface area contributed by atoms with Gasteiger partial charge in [-0.1, -0.05) is 11.6 Å². The molecule has 0 bridgehead atoms. The van der Waals surface area contributed by atoms with Gasteiger partial charge in [0.05, 0.1) is 0 Å². The first-order valence-corrected chi connectivity index (χ1v) is 5.03. The molecule has 0 heterocycles. The number of nitrogens with one attached hydrogen (secondary N) is 2. The average Bonchev–Trinajstić information content (AvgIpc) is 2.28. The number of benzene rings is 1. The molecule has 1 aromatic rings. The molecule has 1 amide bonds. The van der Waals surface area contributed by atoms with Crippen LogP contribution in [0.4, 0.5) is 11.4 Å². The molecule has 0 saturated heterocycles. The van der Waals surface area contributed by atoms with Gasteiger partial charge in [-0.15, -0.1) is 0 Å². The topological polar surface area (TPSA) is 114 Å². The van der Waals surface area contributed by atoms with Crippen LogP contribution < -0.4 is 10.5 Å². The molecule has 1 aromatic carbocycles. The summed E-state index contributed by atoms with van der Waals surface area (Å²) >= 11 is 5.63. The highest BCUT2D eigenvalue weighted by molar-refractivity contribution is 6.31. The van der Waals surface area contributed by atoms with Gasteiger partial charge in [0.1, 0.15) is 5.69 Å². The van der Waals surface area contributed by atoms with E-state index in [1.807, 2.05) is 0 Å². The van der Waals surface area contributed by atoms with Gasteiger partial charge in [-0.25, -0.2) is 10.0 Å². The number of rotatable bonds is 4. The van der Waals surface area contributed by atoms with Crippen molar-refractivity contribution in [3.63, 3.8) is 0 Å². The molecule has 1 rings (SSSR count). The normalized spacial score (nSPS) is 12.4. The van der Waals surface area contributed by atoms with Gasteiger partial charge in [-0.3, -0.25) is 4.79 Å². The summed E-state index contributed by atoms with van der Waals surface area (Å²) in [7, 11) is 0. The van der Waals surface area contributed by atoms with Gasteiger partial charge < -0.3 is 15.6 Å². The second-order valence-electron chi connectivity index (χ2n) is 3.16. The van der Waals surface area contributed by atoms with Gasteiger partial charge in [-0.2, -0.15) is 5.23 Å². The molecule has 4 N–H and O–H groups in total. The third kappa shape index (κ3) is 4.15. The smallest absolute Gasteiger partial charge is 0.328 e. The summed E-state index contributed by atoms with van der Waals surface area (Å²) < 4.78 is 0. The van der Waals surface area contributed by atoms with Gasteiger partial charge in [-0.05, 0) is 12.1 Å². The van der Waals surface area contributed by atoms with Crippen LogP contribution in [0.3, 0.4) is 0 Å². The van der Waals surface area contributed by atoms with E-state index >= 15 is 0 Å². The lowest BCUT2D eigenvalue weighted by atomic mass is 10.2. The first-order chi connectivity index (χ1) is 8.40. The minimum atomic E-state index is -1.28. The molecule has 0 spiro atoms. The lowest BCUT2D eigenvalue weighted by Crippen LogP contribution is -2.99. The number of anilines is 1. The monoisotopic (exact) mass is 272 g/mol. The lowest BCUT2D eigenvalue weighted by molar-refractivity contribution is -0.990. The van der Waals surface area contributed by atoms with Crippen LogP contribution in [0.15, 0.2) is 30.4 Å². The minimum Gasteiger partial charge on any atom is -0.595 e. The van der Waals surface area contributed by atoms with Crippen molar-refractivity contribution in [2.24, 2.45) is 0 Å². The number of carbonyl (C=O) groups is 2. The first-order valence-electron chi connectivity index (χ1n) is 4.65. The molecule has 96 valence electrons. The number of hydrogen-bond acceptors (Lipinski definition) is 4. The molecular formula is C10H9ClN2O5. The summed E-state index contributed by atoms with van der Waals surface area (Å²) in [6, 6.07) is 3.91. The summed E-state index contributed by atoms with van der Waals surface area (Å²) in [5.74, 6) is -2.03. The van der Waals surface area contributed by atoms with Crippen molar-refractivity contribution in [3.8, 4) is 0 Å². The molecule has 0 radical (unpaired) electrons. The van der Waals surface area contributed by atoms with Crippen molar-refractivity contribution >= 4 is 34.9 Å². The van der Waals surface area contributed by atoms with E-state index in [4.69, 9.17) is 21.9 Å². The largest absolute Gasteiger partial charge is 0.595 e. The Bertz CT molecular complexity index is 501. The number of aliphatic carboxylic acids is 1. The van der Waals surface area contributed by atoms with Crippen LogP contribution in [0.5, 0.6) is 0 Å². The molecule has 0 fully saturated rings. The molecule has 1 atom stereocenters. The predicted octanol–water partition coefficient (Wildman–Crippen LogP) is 0.323. The number of hydrogen-bond donors (Lipinski definition) is 4. The van der Waals surface area contributed by atoms with Crippen LogP contribution in [0.2, 0.25) is 5.02 Å². The molecule has 0 aliphatic carbocycles. The van der Waals surface area contributed by atoms with Crippen molar-refractivity contribution in [2.75, 3.05) is 5.32 Å². The van der Waals surface area contributed by atoms with Crippen LogP contribution in [0, 0.1) is 5.21 Å². The van der Waals surface area contributed by atoms with Gasteiger partial charge >= 0.3 is 5.97 Å². The number of amides is 1. The van der Waals surface area contributed by atoms with E-state index in [1.54, 1.807) is 0 Å². The fourth-order valence-electron chi connectivity index (χ4n) is 1.12. The minimum absolute atomic E-state index is 0.0342. The third-order valence-electron chi connectivity index (χ3n) is 1.85. The first kappa shape index (κ1) is 14.1. The molecule has 0 saturated carbocycles. The Kier molecular flexibility index (Phi) is 4.81. The maximum atomic E-state index is 11.3. The lowest BCUT2D eigenvalue weighted by Gasteiger charge is -2.15. The van der Waals surface area contributed by atoms with E-state index in [0.717, 1.165) is 6.08 Å². The van der Waals surface area contributed by atoms with E-state index in [0.29, 0.717) is 6.08 Å². The summed E-state index contributed by atoms with van der Waals surface area (Å²) in [5, 5.41) is 29.3. The summed E-state index contributed by atoms with van der Waals surface area (Å²) in [6.07, 6.45) is 1.42. The van der Waals surface area contributed by atoms with Crippen LogP contribution in [0.25, 0.3) is 0 Å². The number of carbonyl (C=O) groups excluding carboxylic acids is 1. The van der Waals surface area contributed by atoms with E-state index in [1.165, 1.54) is 18.2 Å². The molecular weight excluding hydrogens is 264 g/mol. The predicted molar refractivity (Wildman–Crippen MR) is 62.6 cm³/mol. The molecule has 1 unspecified atom stereocenters. The zero-order chi connectivity index (χ0) is 13.7. The van der Waals surface area contributed by atoms with E-state index in [9.17, 15) is 14.8 Å². The molecule has 0 aliphatic heterocycles. The van der Waals surface area contributed by atoms with Crippen LogP contribution >= 0.6 is 11.6 Å². The summed E-state index contributed by atoms with van der Waals surface area (Å²) in [4.78, 5) is 21.5. The van der Waals surface area contributed by atoms with E-state index < -0.39 is 17.1 Å². The Morgan fingerprint density at radius 3 is 2.61 bits per heavy atom. The number of carboxylic acids is 1. The van der Waals surface area contributed by atoms with E-state index in [-0.39, 0.29) is 16.4 Å². The average molecular weight is 273 g/mol. The molecule has 0 aromatic heterocycles. The highest BCUT2D eigenvalue weighted by Crippen LogP contribution is 2.22. The fraction of sp³-hybridized carbons (Fsp3) is 0. The maximum Gasteiger partial charge on any atom is 0.328 e. The second-order valence-corrected chi connectivity index (χ2v) is 3.59. The van der Waals surface area contributed by atoms with Crippen LogP contribution in [-0.4, -0.2) is 22.2 Å². The van der Waals surface area contributed by atoms with Gasteiger partial charge in [0.2, 0.25) is 5.91 Å². The summed E-state index contributed by atoms with van der Waals surface area (Å²) in [5.41, 5.74) is -0.147. The van der Waals surface area contributed by atoms with Crippen LogP contribution in [0.1, 0.15) is 0 Å². The standard InChI is InChI=1S/C10H9ClN2O5/c11-6-1-2-7(8(5-6)13(17)18)12-9(14)3-4-10(15)16/h1-5,13,17H,(H,12,14)(H,15,16). The van der Waals surface area contributed by atoms with Crippen molar-refractivity contribution in [3.05, 3.63) is 40.6 Å². The van der Waals surface area contributed by atoms with Crippen LogP contribution in [-0.2, 0) is 9.59 Å². The summed E-state index contributed by atoms with van der Waals surface area (Å²) in [6.45, 7) is 0. The molecule has 7 nitrogen and oxygen atoms in total. The Hall–Kier alpha value is -1.93. The van der Waals surface area contributed by atoms with Crippen molar-refractivity contribution in [2.45, 2.75) is 0 Å². The van der Waals surface area contributed by atoms with Crippen molar-refractivity contribution in [1.82, 2.24) is 0 Å². The van der Waals surface area contributed by atoms with Crippen molar-refractivity contribution < 1.29 is 25.1 Å². The molecule has 18 heavy (non-hydrogen) atoms. The quantitative estimate of drug-likeness (QED) is 0.466. The van der Waals surface area contributed by atoms with E-state index in [2.05, 4.69) is 5.32 Å². The highest BCUT2D eigenvalue weighted by Gasteiger charge is 2.11. The molecule has 0 aliphatic rings. The second kappa shape index (κ2) is 6.12. The fourth-order valence-corrected chi connectivity index (χ4v) is 1.30. The number of halogens is 1. The van der Waals surface area contributed by atoms with Crippen molar-refractivity contribution in [1.29, 1.82) is 0 Å². The SMILES string of the molecule is O=C(O)C=CC(=O)Nc1ccc(Cl)cc1[NH+]([O-])O. The Balaban J connectivity index is 2.90. The number of quaternary nitrogens is 1. The Labute approximate surface area is 106 Å². The zero-order valence-electron chi connectivity index (χ0n) is 8.88. The maximum absolute atomic E-state index is 11.3. The number of carboxylic acid groups (broad SMARTS) is 1. The van der Waals surface area contributed by atoms with Gasteiger partial charge in [0, 0.05) is 23.2 Å². The Morgan fingerprint density at radius 1 is 1.39 bits per heavy atom. The van der Waals surface area contributed by atoms with Gasteiger partial charge in [0.25, 0.3) is 0 Å².